The summed E-state index contributed by atoms with van der Waals surface area (Å²) in [6.45, 7) is 7.87. The molecule has 1 aromatic rings. The minimum Gasteiger partial charge on any atom is -0.458 e. The molecule has 1 aliphatic rings. The minimum atomic E-state index is -0.448. The van der Waals surface area contributed by atoms with Crippen LogP contribution in [-0.2, 0) is 9.53 Å². The van der Waals surface area contributed by atoms with E-state index in [-0.39, 0.29) is 11.9 Å². The maximum absolute atomic E-state index is 12.6. The predicted molar refractivity (Wildman–Crippen MR) is 88.3 cm³/mol. The normalized spacial score (nSPS) is 24.3. The monoisotopic (exact) mass is 318 g/mol. The van der Waals surface area contributed by atoms with Gasteiger partial charge in [-0.15, -0.1) is 0 Å². The van der Waals surface area contributed by atoms with E-state index in [2.05, 4.69) is 20.8 Å². The Hall–Kier alpha value is -1.84. The van der Waals surface area contributed by atoms with Crippen molar-refractivity contribution in [2.45, 2.75) is 53.1 Å². The van der Waals surface area contributed by atoms with Gasteiger partial charge in [0.1, 0.15) is 17.4 Å². The van der Waals surface area contributed by atoms with Crippen molar-refractivity contribution in [2.24, 2.45) is 17.8 Å². The first kappa shape index (κ1) is 17.5. The van der Waals surface area contributed by atoms with E-state index < -0.39 is 11.9 Å². The molecule has 0 heterocycles. The molecule has 1 saturated carbocycles. The molecule has 0 N–H and O–H groups in total. The topological polar surface area (TPSA) is 52.6 Å². The van der Waals surface area contributed by atoms with E-state index in [4.69, 9.17) is 9.47 Å². The fourth-order valence-electron chi connectivity index (χ4n) is 3.33. The van der Waals surface area contributed by atoms with Crippen molar-refractivity contribution in [3.8, 4) is 5.75 Å². The zero-order chi connectivity index (χ0) is 17.0. The smallest absolute Gasteiger partial charge is 0.342 e. The molecule has 0 spiro atoms. The molecule has 0 amide bonds. The Morgan fingerprint density at radius 2 is 1.87 bits per heavy atom. The molecule has 23 heavy (non-hydrogen) atoms. The molecule has 1 fully saturated rings. The molecular formula is C19H26O4. The summed E-state index contributed by atoms with van der Waals surface area (Å²) < 4.78 is 10.9. The Balaban J connectivity index is 2.15. The molecule has 0 aromatic heterocycles. The van der Waals surface area contributed by atoms with Crippen molar-refractivity contribution in [3.05, 3.63) is 29.8 Å². The van der Waals surface area contributed by atoms with E-state index in [1.54, 1.807) is 24.3 Å². The Morgan fingerprint density at radius 3 is 2.52 bits per heavy atom. The maximum Gasteiger partial charge on any atom is 0.342 e. The summed E-state index contributed by atoms with van der Waals surface area (Å²) in [6.07, 6.45) is 3.09. The summed E-state index contributed by atoms with van der Waals surface area (Å²) in [7, 11) is 0. The van der Waals surface area contributed by atoms with Gasteiger partial charge >= 0.3 is 11.9 Å². The second-order valence-electron chi connectivity index (χ2n) is 6.86. The van der Waals surface area contributed by atoms with Crippen LogP contribution >= 0.6 is 0 Å². The second-order valence-corrected chi connectivity index (χ2v) is 6.86. The zero-order valence-electron chi connectivity index (χ0n) is 14.4. The molecule has 4 nitrogen and oxygen atoms in total. The fourth-order valence-corrected chi connectivity index (χ4v) is 3.33. The Kier molecular flexibility index (Phi) is 5.80. The molecular weight excluding hydrogens is 292 g/mol. The molecule has 3 atom stereocenters. The Bertz CT molecular complexity index is 564. The highest BCUT2D eigenvalue weighted by molar-refractivity contribution is 5.93. The lowest BCUT2D eigenvalue weighted by Crippen LogP contribution is -2.36. The van der Waals surface area contributed by atoms with Gasteiger partial charge in [-0.25, -0.2) is 4.79 Å². The van der Waals surface area contributed by atoms with Gasteiger partial charge in [-0.05, 0) is 42.7 Å². The first-order valence-corrected chi connectivity index (χ1v) is 8.37. The van der Waals surface area contributed by atoms with Gasteiger partial charge in [-0.3, -0.25) is 4.79 Å². The highest BCUT2D eigenvalue weighted by atomic mass is 16.6. The van der Waals surface area contributed by atoms with Gasteiger partial charge in [0.15, 0.2) is 0 Å². The quantitative estimate of drug-likeness (QED) is 0.616. The van der Waals surface area contributed by atoms with Crippen LogP contribution in [0.1, 0.15) is 57.3 Å². The van der Waals surface area contributed by atoms with Gasteiger partial charge in [0.05, 0.1) is 0 Å². The van der Waals surface area contributed by atoms with Crippen LogP contribution in [0.4, 0.5) is 0 Å². The van der Waals surface area contributed by atoms with Crippen LogP contribution < -0.4 is 4.74 Å². The number of carbonyl (C=O) groups is 2. The summed E-state index contributed by atoms with van der Waals surface area (Å²) in [5.41, 5.74) is 0.309. The summed E-state index contributed by atoms with van der Waals surface area (Å²) in [6, 6.07) is 6.72. The molecule has 4 heteroatoms. The summed E-state index contributed by atoms with van der Waals surface area (Å²) >= 11 is 0. The molecule has 126 valence electrons. The second kappa shape index (κ2) is 7.62. The number of esters is 2. The maximum atomic E-state index is 12.6. The van der Waals surface area contributed by atoms with Gasteiger partial charge in [0.25, 0.3) is 0 Å². The molecule has 0 aliphatic heterocycles. The lowest BCUT2D eigenvalue weighted by molar-refractivity contribution is -0.131. The Morgan fingerprint density at radius 1 is 1.17 bits per heavy atom. The summed E-state index contributed by atoms with van der Waals surface area (Å²) in [5.74, 6) is 0.824. The molecule has 1 aliphatic carbocycles. The number of benzene rings is 1. The lowest BCUT2D eigenvalue weighted by Gasteiger charge is -2.36. The largest absolute Gasteiger partial charge is 0.458 e. The summed E-state index contributed by atoms with van der Waals surface area (Å²) in [5, 5.41) is 0. The third kappa shape index (κ3) is 4.57. The van der Waals surface area contributed by atoms with Crippen molar-refractivity contribution in [2.75, 3.05) is 0 Å². The molecule has 1 aromatic carbocycles. The van der Waals surface area contributed by atoms with E-state index in [0.29, 0.717) is 23.3 Å². The van der Waals surface area contributed by atoms with E-state index in [1.165, 1.54) is 13.3 Å². The summed E-state index contributed by atoms with van der Waals surface area (Å²) in [4.78, 5) is 23.8. The van der Waals surface area contributed by atoms with Crippen LogP contribution in [0.15, 0.2) is 24.3 Å². The number of hydrogen-bond acceptors (Lipinski definition) is 4. The van der Waals surface area contributed by atoms with Gasteiger partial charge in [-0.2, -0.15) is 0 Å². The van der Waals surface area contributed by atoms with Crippen LogP contribution in [-0.4, -0.2) is 18.0 Å². The Labute approximate surface area is 138 Å². The first-order valence-electron chi connectivity index (χ1n) is 8.37. The number of para-hydroxylation sites is 1. The van der Waals surface area contributed by atoms with Crippen molar-refractivity contribution >= 4 is 11.9 Å². The van der Waals surface area contributed by atoms with Crippen LogP contribution in [0.5, 0.6) is 5.75 Å². The number of hydrogen-bond donors (Lipinski definition) is 0. The zero-order valence-corrected chi connectivity index (χ0v) is 14.4. The van der Waals surface area contributed by atoms with E-state index in [1.807, 2.05) is 0 Å². The lowest BCUT2D eigenvalue weighted by atomic mass is 9.75. The van der Waals surface area contributed by atoms with Crippen molar-refractivity contribution in [1.82, 2.24) is 0 Å². The van der Waals surface area contributed by atoms with E-state index >= 15 is 0 Å². The van der Waals surface area contributed by atoms with Crippen molar-refractivity contribution < 1.29 is 19.1 Å². The third-order valence-corrected chi connectivity index (χ3v) is 4.58. The average Bonchev–Trinajstić information content (AvgIpc) is 2.46. The van der Waals surface area contributed by atoms with Crippen LogP contribution in [0.2, 0.25) is 0 Å². The minimum absolute atomic E-state index is 0.0726. The SMILES string of the molecule is CC(=O)Oc1ccccc1C(=O)O[C@@H]1C[C@@H](C)CC[C@H]1C(C)C. The van der Waals surface area contributed by atoms with E-state index in [9.17, 15) is 9.59 Å². The fraction of sp³-hybridized carbons (Fsp3) is 0.579. The van der Waals surface area contributed by atoms with Gasteiger partial charge in [0.2, 0.25) is 0 Å². The highest BCUT2D eigenvalue weighted by Gasteiger charge is 2.34. The molecule has 0 bridgehead atoms. The van der Waals surface area contributed by atoms with Crippen molar-refractivity contribution in [1.29, 1.82) is 0 Å². The van der Waals surface area contributed by atoms with Gasteiger partial charge in [0, 0.05) is 6.92 Å². The number of carbonyl (C=O) groups excluding carboxylic acids is 2. The molecule has 0 unspecified atom stereocenters. The molecule has 0 radical (unpaired) electrons. The van der Waals surface area contributed by atoms with Gasteiger partial charge in [-0.1, -0.05) is 39.3 Å². The standard InChI is InChI=1S/C19H26O4/c1-12(2)15-10-9-13(3)11-18(15)23-19(21)16-7-5-6-8-17(16)22-14(4)20/h5-8,12-13,15,18H,9-11H2,1-4H3/t13-,15-,18+/m0/s1. The highest BCUT2D eigenvalue weighted by Crippen LogP contribution is 2.36. The first-order chi connectivity index (χ1) is 10.9. The number of ether oxygens (including phenoxy) is 2. The van der Waals surface area contributed by atoms with Crippen molar-refractivity contribution in [3.63, 3.8) is 0 Å². The molecule has 0 saturated heterocycles. The van der Waals surface area contributed by atoms with Crippen LogP contribution in [0, 0.1) is 17.8 Å². The van der Waals surface area contributed by atoms with E-state index in [0.717, 1.165) is 12.8 Å². The predicted octanol–water partition coefficient (Wildman–Crippen LogP) is 4.23. The van der Waals surface area contributed by atoms with Gasteiger partial charge < -0.3 is 9.47 Å². The molecule has 2 rings (SSSR count). The van der Waals surface area contributed by atoms with Crippen LogP contribution in [0.25, 0.3) is 0 Å². The van der Waals surface area contributed by atoms with Crippen LogP contribution in [0.3, 0.4) is 0 Å². The number of rotatable bonds is 4. The average molecular weight is 318 g/mol. The third-order valence-electron chi connectivity index (χ3n) is 4.58.